The lowest BCUT2D eigenvalue weighted by Crippen LogP contribution is -2.26. The number of nitrogens with one attached hydrogen (secondary N) is 1. The molecule has 0 aliphatic rings. The molecule has 7 heteroatoms. The Hall–Kier alpha value is -1.30. The number of anilines is 1. The molecule has 0 radical (unpaired) electrons. The third-order valence-electron chi connectivity index (χ3n) is 3.08. The van der Waals surface area contributed by atoms with Gasteiger partial charge in [0.05, 0.1) is 5.01 Å². The molecule has 4 nitrogen and oxygen atoms in total. The molecule has 0 aliphatic carbocycles. The summed E-state index contributed by atoms with van der Waals surface area (Å²) in [4.78, 5) is 17.7. The Morgan fingerprint density at radius 2 is 2.09 bits per heavy atom. The number of nitrogen functional groups attached to an aromatic ring is 1. The Morgan fingerprint density at radius 3 is 2.73 bits per heavy atom. The van der Waals surface area contributed by atoms with Crippen molar-refractivity contribution in [2.24, 2.45) is 0 Å². The zero-order valence-electron chi connectivity index (χ0n) is 12.6. The molecule has 0 unspecified atom stereocenters. The Balaban J connectivity index is 0.00000220. The van der Waals surface area contributed by atoms with E-state index in [0.717, 1.165) is 23.4 Å². The van der Waals surface area contributed by atoms with E-state index < -0.39 is 0 Å². The molecule has 22 heavy (non-hydrogen) atoms. The van der Waals surface area contributed by atoms with E-state index in [2.05, 4.69) is 17.2 Å². The first-order chi connectivity index (χ1) is 9.60. The van der Waals surface area contributed by atoms with Crippen LogP contribution in [0.25, 0.3) is 0 Å². The molecule has 0 fully saturated rings. The number of nitrogens with two attached hydrogens (primary N) is 1. The SMILES string of the molecule is CCc1cnc(CCNC(=O)c2cc(N)ccc2C)s1.Cl.Cl. The fourth-order valence-electron chi connectivity index (χ4n) is 1.89. The van der Waals surface area contributed by atoms with Gasteiger partial charge < -0.3 is 11.1 Å². The van der Waals surface area contributed by atoms with Crippen LogP contribution in [-0.2, 0) is 12.8 Å². The number of thiazole rings is 1. The maximum atomic E-state index is 12.1. The Bertz CT molecular complexity index is 617. The number of carbonyl (C=O) groups is 1. The number of hydrogen-bond acceptors (Lipinski definition) is 4. The zero-order chi connectivity index (χ0) is 14.5. The summed E-state index contributed by atoms with van der Waals surface area (Å²) in [7, 11) is 0. The summed E-state index contributed by atoms with van der Waals surface area (Å²) < 4.78 is 0. The van der Waals surface area contributed by atoms with Crippen molar-refractivity contribution in [3.05, 3.63) is 45.4 Å². The highest BCUT2D eigenvalue weighted by Crippen LogP contribution is 2.14. The molecule has 0 aliphatic heterocycles. The maximum Gasteiger partial charge on any atom is 0.251 e. The lowest BCUT2D eigenvalue weighted by Gasteiger charge is -2.07. The van der Waals surface area contributed by atoms with Crippen LogP contribution in [0.3, 0.4) is 0 Å². The standard InChI is InChI=1S/C15H19N3OS.2ClH/c1-3-12-9-18-14(20-12)6-7-17-15(19)13-8-11(16)5-4-10(13)2;;/h4-5,8-9H,3,6-7,16H2,1-2H3,(H,17,19);2*1H. The van der Waals surface area contributed by atoms with Gasteiger partial charge in [0.15, 0.2) is 0 Å². The molecule has 1 aromatic carbocycles. The predicted molar refractivity (Wildman–Crippen MR) is 97.6 cm³/mol. The van der Waals surface area contributed by atoms with Gasteiger partial charge in [-0.1, -0.05) is 13.0 Å². The number of hydrogen-bond donors (Lipinski definition) is 2. The molecule has 1 heterocycles. The zero-order valence-corrected chi connectivity index (χ0v) is 15.0. The highest BCUT2D eigenvalue weighted by molar-refractivity contribution is 7.11. The molecule has 2 aromatic rings. The van der Waals surface area contributed by atoms with Crippen LogP contribution in [0.2, 0.25) is 0 Å². The minimum absolute atomic E-state index is 0. The van der Waals surface area contributed by atoms with Crippen LogP contribution in [0.5, 0.6) is 0 Å². The van der Waals surface area contributed by atoms with Crippen molar-refractivity contribution >= 4 is 47.7 Å². The summed E-state index contributed by atoms with van der Waals surface area (Å²) in [5.41, 5.74) is 7.89. The average Bonchev–Trinajstić information content (AvgIpc) is 2.89. The lowest BCUT2D eigenvalue weighted by molar-refractivity contribution is 0.0953. The summed E-state index contributed by atoms with van der Waals surface area (Å²) in [6.45, 7) is 4.61. The first-order valence-corrected chi connectivity index (χ1v) is 7.49. The van der Waals surface area contributed by atoms with E-state index >= 15 is 0 Å². The van der Waals surface area contributed by atoms with E-state index in [9.17, 15) is 4.79 Å². The number of aryl methyl sites for hydroxylation is 2. The van der Waals surface area contributed by atoms with Gasteiger partial charge in [-0.15, -0.1) is 36.2 Å². The van der Waals surface area contributed by atoms with Crippen LogP contribution < -0.4 is 11.1 Å². The quantitative estimate of drug-likeness (QED) is 0.801. The van der Waals surface area contributed by atoms with Gasteiger partial charge in [0.2, 0.25) is 0 Å². The van der Waals surface area contributed by atoms with Crippen LogP contribution in [0.15, 0.2) is 24.4 Å². The molecule has 1 amide bonds. The molecule has 0 atom stereocenters. The third-order valence-corrected chi connectivity index (χ3v) is 4.28. The maximum absolute atomic E-state index is 12.1. The number of rotatable bonds is 5. The van der Waals surface area contributed by atoms with Crippen LogP contribution in [0.4, 0.5) is 5.69 Å². The number of halogens is 2. The number of aromatic nitrogens is 1. The van der Waals surface area contributed by atoms with E-state index in [1.807, 2.05) is 19.2 Å². The number of benzene rings is 1. The smallest absolute Gasteiger partial charge is 0.251 e. The van der Waals surface area contributed by atoms with Crippen LogP contribution in [-0.4, -0.2) is 17.4 Å². The number of nitrogens with zero attached hydrogens (tertiary/aromatic N) is 1. The molecular weight excluding hydrogens is 341 g/mol. The molecule has 0 saturated heterocycles. The minimum atomic E-state index is -0.0814. The van der Waals surface area contributed by atoms with Gasteiger partial charge in [0.25, 0.3) is 5.91 Å². The van der Waals surface area contributed by atoms with Gasteiger partial charge in [-0.3, -0.25) is 4.79 Å². The largest absolute Gasteiger partial charge is 0.399 e. The van der Waals surface area contributed by atoms with Gasteiger partial charge in [0, 0.05) is 35.3 Å². The third kappa shape index (κ3) is 5.48. The Labute approximate surface area is 147 Å². The number of amides is 1. The van der Waals surface area contributed by atoms with Crippen molar-refractivity contribution in [2.75, 3.05) is 12.3 Å². The predicted octanol–water partition coefficient (Wildman–Crippen LogP) is 3.41. The first kappa shape index (κ1) is 20.7. The molecule has 0 saturated carbocycles. The highest BCUT2D eigenvalue weighted by Gasteiger charge is 2.09. The Kier molecular flexibility index (Phi) is 9.09. The van der Waals surface area contributed by atoms with E-state index in [0.29, 0.717) is 17.8 Å². The first-order valence-electron chi connectivity index (χ1n) is 6.68. The topological polar surface area (TPSA) is 68.0 Å². The summed E-state index contributed by atoms with van der Waals surface area (Å²) in [6.07, 6.45) is 3.67. The van der Waals surface area contributed by atoms with E-state index in [1.54, 1.807) is 23.5 Å². The van der Waals surface area contributed by atoms with Crippen molar-refractivity contribution < 1.29 is 4.79 Å². The van der Waals surface area contributed by atoms with Crippen molar-refractivity contribution in [3.63, 3.8) is 0 Å². The van der Waals surface area contributed by atoms with E-state index in [-0.39, 0.29) is 30.7 Å². The summed E-state index contributed by atoms with van der Waals surface area (Å²) >= 11 is 1.70. The fourth-order valence-corrected chi connectivity index (χ4v) is 2.75. The van der Waals surface area contributed by atoms with Crippen LogP contribution >= 0.6 is 36.2 Å². The van der Waals surface area contributed by atoms with Gasteiger partial charge in [-0.05, 0) is 31.0 Å². The van der Waals surface area contributed by atoms with Crippen molar-refractivity contribution in [1.82, 2.24) is 10.3 Å². The molecule has 0 bridgehead atoms. The normalized spacial score (nSPS) is 9.55. The van der Waals surface area contributed by atoms with Gasteiger partial charge >= 0.3 is 0 Å². The molecule has 122 valence electrons. The average molecular weight is 362 g/mol. The second-order valence-electron chi connectivity index (χ2n) is 4.65. The van der Waals surface area contributed by atoms with Gasteiger partial charge in [-0.25, -0.2) is 4.98 Å². The molecular formula is C15H21Cl2N3OS. The van der Waals surface area contributed by atoms with Crippen LogP contribution in [0, 0.1) is 6.92 Å². The minimum Gasteiger partial charge on any atom is -0.399 e. The summed E-state index contributed by atoms with van der Waals surface area (Å²) in [6, 6.07) is 5.37. The summed E-state index contributed by atoms with van der Waals surface area (Å²) in [5.74, 6) is -0.0814. The lowest BCUT2D eigenvalue weighted by atomic mass is 10.1. The highest BCUT2D eigenvalue weighted by atomic mass is 35.5. The molecule has 2 rings (SSSR count). The van der Waals surface area contributed by atoms with Crippen LogP contribution in [0.1, 0.15) is 32.7 Å². The van der Waals surface area contributed by atoms with Gasteiger partial charge in [-0.2, -0.15) is 0 Å². The van der Waals surface area contributed by atoms with E-state index in [4.69, 9.17) is 5.73 Å². The second kappa shape index (κ2) is 9.66. The fraction of sp³-hybridized carbons (Fsp3) is 0.333. The molecule has 3 N–H and O–H groups in total. The Morgan fingerprint density at radius 1 is 1.36 bits per heavy atom. The molecule has 0 spiro atoms. The van der Waals surface area contributed by atoms with E-state index in [1.165, 1.54) is 4.88 Å². The molecule has 1 aromatic heterocycles. The second-order valence-corrected chi connectivity index (χ2v) is 5.85. The van der Waals surface area contributed by atoms with Crippen molar-refractivity contribution in [2.45, 2.75) is 26.7 Å². The summed E-state index contributed by atoms with van der Waals surface area (Å²) in [5, 5.41) is 3.98. The van der Waals surface area contributed by atoms with Crippen molar-refractivity contribution in [1.29, 1.82) is 0 Å². The van der Waals surface area contributed by atoms with Gasteiger partial charge in [0.1, 0.15) is 0 Å². The monoisotopic (exact) mass is 361 g/mol. The number of carbonyl (C=O) groups excluding carboxylic acids is 1. The van der Waals surface area contributed by atoms with Crippen molar-refractivity contribution in [3.8, 4) is 0 Å².